The average Bonchev–Trinajstić information content (AvgIpc) is 2.57. The number of carbonyl (C=O) groups is 1. The van der Waals surface area contributed by atoms with Crippen molar-refractivity contribution in [2.24, 2.45) is 0 Å². The molecule has 0 saturated heterocycles. The first-order valence-electron chi connectivity index (χ1n) is 7.02. The lowest BCUT2D eigenvalue weighted by Crippen LogP contribution is -2.35. The number of methoxy groups -OCH3 is 1. The highest BCUT2D eigenvalue weighted by Crippen LogP contribution is 2.39. The van der Waals surface area contributed by atoms with E-state index in [9.17, 15) is 9.90 Å². The van der Waals surface area contributed by atoms with Crippen molar-refractivity contribution in [3.05, 3.63) is 65.7 Å². The van der Waals surface area contributed by atoms with Crippen LogP contribution in [-0.2, 0) is 10.2 Å². The third kappa shape index (κ3) is 2.83. The molecule has 0 saturated carbocycles. The number of aliphatic hydroxyl groups excluding tert-OH is 1. The highest BCUT2D eigenvalue weighted by Gasteiger charge is 2.38. The number of aliphatic hydroxyl groups is 1. The van der Waals surface area contributed by atoms with Gasteiger partial charge in [0.15, 0.2) is 0 Å². The Morgan fingerprint density at radius 1 is 1.14 bits per heavy atom. The van der Waals surface area contributed by atoms with Crippen LogP contribution in [0.15, 0.2) is 54.6 Å². The standard InChI is InChI=1S/C18H20O3/c1-3-18(13-19,15-7-5-4-6-8-15)17(20)14-9-11-16(21-2)12-10-14/h4-13,17,20H,3H2,1-2H3. The van der Waals surface area contributed by atoms with E-state index in [4.69, 9.17) is 4.74 Å². The van der Waals surface area contributed by atoms with Gasteiger partial charge in [-0.1, -0.05) is 49.4 Å². The lowest BCUT2D eigenvalue weighted by Gasteiger charge is -2.33. The van der Waals surface area contributed by atoms with Gasteiger partial charge in [-0.25, -0.2) is 0 Å². The molecule has 1 N–H and O–H groups in total. The van der Waals surface area contributed by atoms with E-state index in [1.165, 1.54) is 0 Å². The van der Waals surface area contributed by atoms with Crippen molar-refractivity contribution in [1.82, 2.24) is 0 Å². The number of rotatable bonds is 6. The van der Waals surface area contributed by atoms with Gasteiger partial charge >= 0.3 is 0 Å². The second-order valence-corrected chi connectivity index (χ2v) is 5.05. The maximum atomic E-state index is 11.8. The molecule has 3 nitrogen and oxygen atoms in total. The number of benzene rings is 2. The molecule has 0 aliphatic heterocycles. The van der Waals surface area contributed by atoms with Crippen molar-refractivity contribution >= 4 is 6.29 Å². The normalized spacial score (nSPS) is 15.0. The first-order valence-corrected chi connectivity index (χ1v) is 7.02. The van der Waals surface area contributed by atoms with E-state index >= 15 is 0 Å². The van der Waals surface area contributed by atoms with Crippen molar-refractivity contribution in [2.45, 2.75) is 24.9 Å². The van der Waals surface area contributed by atoms with Crippen LogP contribution in [0.1, 0.15) is 30.6 Å². The quantitative estimate of drug-likeness (QED) is 0.828. The second-order valence-electron chi connectivity index (χ2n) is 5.05. The van der Waals surface area contributed by atoms with Crippen LogP contribution >= 0.6 is 0 Å². The fourth-order valence-corrected chi connectivity index (χ4v) is 2.60. The largest absolute Gasteiger partial charge is 0.497 e. The molecular weight excluding hydrogens is 264 g/mol. The van der Waals surface area contributed by atoms with Gasteiger partial charge in [0.25, 0.3) is 0 Å². The number of ether oxygens (including phenoxy) is 1. The molecule has 0 aliphatic carbocycles. The van der Waals surface area contributed by atoms with E-state index in [-0.39, 0.29) is 0 Å². The zero-order chi connectivity index (χ0) is 15.3. The summed E-state index contributed by atoms with van der Waals surface area (Å²) in [5.41, 5.74) is 0.593. The number of aldehydes is 1. The molecule has 0 aromatic heterocycles. The summed E-state index contributed by atoms with van der Waals surface area (Å²) < 4.78 is 5.12. The summed E-state index contributed by atoms with van der Waals surface area (Å²) in [6.45, 7) is 1.91. The van der Waals surface area contributed by atoms with Crippen LogP contribution < -0.4 is 4.74 Å². The summed E-state index contributed by atoms with van der Waals surface area (Å²) in [7, 11) is 1.59. The van der Waals surface area contributed by atoms with Crippen molar-refractivity contribution in [3.63, 3.8) is 0 Å². The molecule has 2 rings (SSSR count). The first-order chi connectivity index (χ1) is 10.2. The molecule has 0 bridgehead atoms. The van der Waals surface area contributed by atoms with Gasteiger partial charge in [0, 0.05) is 0 Å². The molecular formula is C18H20O3. The smallest absolute Gasteiger partial charge is 0.133 e. The maximum Gasteiger partial charge on any atom is 0.133 e. The predicted molar refractivity (Wildman–Crippen MR) is 82.4 cm³/mol. The fourth-order valence-electron chi connectivity index (χ4n) is 2.60. The van der Waals surface area contributed by atoms with Gasteiger partial charge in [0.2, 0.25) is 0 Å². The Morgan fingerprint density at radius 3 is 2.24 bits per heavy atom. The summed E-state index contributed by atoms with van der Waals surface area (Å²) in [6.07, 6.45) is 0.485. The third-order valence-electron chi connectivity index (χ3n) is 4.03. The van der Waals surface area contributed by atoms with Gasteiger partial charge in [0.1, 0.15) is 12.0 Å². The molecule has 0 aliphatic rings. The van der Waals surface area contributed by atoms with Crippen LogP contribution in [0.2, 0.25) is 0 Å². The lowest BCUT2D eigenvalue weighted by molar-refractivity contribution is -0.117. The van der Waals surface area contributed by atoms with Crippen LogP contribution in [0.5, 0.6) is 5.75 Å². The zero-order valence-corrected chi connectivity index (χ0v) is 12.3. The Labute approximate surface area is 125 Å². The van der Waals surface area contributed by atoms with E-state index in [0.29, 0.717) is 12.0 Å². The summed E-state index contributed by atoms with van der Waals surface area (Å²) in [4.78, 5) is 11.8. The number of carbonyl (C=O) groups excluding carboxylic acids is 1. The fraction of sp³-hybridized carbons (Fsp3) is 0.278. The SMILES string of the molecule is CCC(C=O)(c1ccccc1)C(O)c1ccc(OC)cc1. The molecule has 3 heteroatoms. The van der Waals surface area contributed by atoms with E-state index in [1.54, 1.807) is 31.4 Å². The van der Waals surface area contributed by atoms with E-state index in [1.807, 2.05) is 37.3 Å². The molecule has 0 heterocycles. The summed E-state index contributed by atoms with van der Waals surface area (Å²) in [6, 6.07) is 16.6. The Balaban J connectivity index is 2.43. The Morgan fingerprint density at radius 2 is 1.76 bits per heavy atom. The van der Waals surface area contributed by atoms with Crippen LogP contribution in [-0.4, -0.2) is 18.5 Å². The zero-order valence-electron chi connectivity index (χ0n) is 12.3. The minimum atomic E-state index is -0.935. The molecule has 0 fully saturated rings. The van der Waals surface area contributed by atoms with Crippen LogP contribution in [0.3, 0.4) is 0 Å². The molecule has 2 aromatic rings. The average molecular weight is 284 g/mol. The predicted octanol–water partition coefficient (Wildman–Crippen LogP) is 3.28. The van der Waals surface area contributed by atoms with Gasteiger partial charge in [-0.05, 0) is 29.7 Å². The van der Waals surface area contributed by atoms with Crippen molar-refractivity contribution in [3.8, 4) is 5.75 Å². The molecule has 0 radical (unpaired) electrons. The summed E-state index contributed by atoms with van der Waals surface area (Å²) in [5.74, 6) is 0.721. The molecule has 2 unspecified atom stereocenters. The van der Waals surface area contributed by atoms with Crippen LogP contribution in [0, 0.1) is 0 Å². The van der Waals surface area contributed by atoms with Crippen LogP contribution in [0.25, 0.3) is 0 Å². The van der Waals surface area contributed by atoms with Gasteiger partial charge in [-0.2, -0.15) is 0 Å². The Kier molecular flexibility index (Phi) is 4.76. The molecule has 21 heavy (non-hydrogen) atoms. The molecule has 0 amide bonds. The summed E-state index contributed by atoms with van der Waals surface area (Å²) in [5, 5.41) is 10.8. The minimum absolute atomic E-state index is 0.522. The van der Waals surface area contributed by atoms with Crippen LogP contribution in [0.4, 0.5) is 0 Å². The monoisotopic (exact) mass is 284 g/mol. The topological polar surface area (TPSA) is 46.5 Å². The van der Waals surface area contributed by atoms with Gasteiger partial charge in [0.05, 0.1) is 18.6 Å². The number of hydrogen-bond acceptors (Lipinski definition) is 3. The van der Waals surface area contributed by atoms with E-state index < -0.39 is 11.5 Å². The molecule has 2 aromatic carbocycles. The van der Waals surface area contributed by atoms with E-state index in [0.717, 1.165) is 17.6 Å². The first kappa shape index (κ1) is 15.3. The molecule has 2 atom stereocenters. The van der Waals surface area contributed by atoms with Gasteiger partial charge in [-0.15, -0.1) is 0 Å². The molecule has 0 spiro atoms. The van der Waals surface area contributed by atoms with E-state index in [2.05, 4.69) is 0 Å². The van der Waals surface area contributed by atoms with Gasteiger partial charge in [-0.3, -0.25) is 0 Å². The lowest BCUT2D eigenvalue weighted by atomic mass is 9.72. The van der Waals surface area contributed by atoms with Crippen molar-refractivity contribution in [1.29, 1.82) is 0 Å². The summed E-state index contributed by atoms with van der Waals surface area (Å²) >= 11 is 0. The second kappa shape index (κ2) is 6.55. The highest BCUT2D eigenvalue weighted by atomic mass is 16.5. The minimum Gasteiger partial charge on any atom is -0.497 e. The number of hydrogen-bond donors (Lipinski definition) is 1. The third-order valence-corrected chi connectivity index (χ3v) is 4.03. The van der Waals surface area contributed by atoms with Crippen molar-refractivity contribution < 1.29 is 14.6 Å². The Hall–Kier alpha value is -2.13. The van der Waals surface area contributed by atoms with Crippen molar-refractivity contribution in [2.75, 3.05) is 7.11 Å². The molecule has 110 valence electrons. The van der Waals surface area contributed by atoms with Gasteiger partial charge < -0.3 is 14.6 Å². The maximum absolute atomic E-state index is 11.8. The highest BCUT2D eigenvalue weighted by molar-refractivity contribution is 5.70. The Bertz CT molecular complexity index is 577.